The van der Waals surface area contributed by atoms with E-state index in [9.17, 15) is 4.79 Å². The van der Waals surface area contributed by atoms with Gasteiger partial charge in [0.05, 0.1) is 5.92 Å². The molecule has 0 aliphatic rings. The fourth-order valence-electron chi connectivity index (χ4n) is 0.987. The van der Waals surface area contributed by atoms with Crippen LogP contribution in [-0.2, 0) is 4.79 Å². The van der Waals surface area contributed by atoms with Crippen LogP contribution in [0.25, 0.3) is 0 Å². The first-order valence-electron chi connectivity index (χ1n) is 3.81. The minimum atomic E-state index is -0.658. The van der Waals surface area contributed by atoms with Gasteiger partial charge in [-0.05, 0) is 24.3 Å². The van der Waals surface area contributed by atoms with Gasteiger partial charge < -0.3 is 5.11 Å². The normalized spacial score (nSPS) is 13.5. The van der Waals surface area contributed by atoms with Gasteiger partial charge in [0.2, 0.25) is 0 Å². The van der Waals surface area contributed by atoms with Gasteiger partial charge in [-0.2, -0.15) is 11.8 Å². The molecule has 0 aliphatic carbocycles. The summed E-state index contributed by atoms with van der Waals surface area (Å²) in [6.45, 7) is 3.91. The highest BCUT2D eigenvalue weighted by Gasteiger charge is 2.20. The summed E-state index contributed by atoms with van der Waals surface area (Å²) >= 11 is 1.70. The molecule has 66 valence electrons. The topological polar surface area (TPSA) is 37.3 Å². The summed E-state index contributed by atoms with van der Waals surface area (Å²) in [6.07, 6.45) is 2.79. The maximum atomic E-state index is 10.6. The van der Waals surface area contributed by atoms with Crippen LogP contribution in [0, 0.1) is 11.8 Å². The lowest BCUT2D eigenvalue weighted by molar-refractivity contribution is -0.143. The maximum absolute atomic E-state index is 10.6. The quantitative estimate of drug-likeness (QED) is 0.697. The van der Waals surface area contributed by atoms with Gasteiger partial charge in [-0.1, -0.05) is 13.8 Å². The van der Waals surface area contributed by atoms with Crippen LogP contribution in [0.4, 0.5) is 0 Å². The molecule has 0 saturated heterocycles. The van der Waals surface area contributed by atoms with E-state index in [-0.39, 0.29) is 11.8 Å². The number of hydrogen-bond acceptors (Lipinski definition) is 2. The number of thioether (sulfide) groups is 1. The number of carbonyl (C=O) groups is 1. The first-order chi connectivity index (χ1) is 5.09. The van der Waals surface area contributed by atoms with E-state index in [1.165, 1.54) is 0 Å². The van der Waals surface area contributed by atoms with Gasteiger partial charge in [0.1, 0.15) is 0 Å². The van der Waals surface area contributed by atoms with Crippen molar-refractivity contribution in [2.24, 2.45) is 11.8 Å². The molecular weight excluding hydrogens is 160 g/mol. The Hall–Kier alpha value is -0.180. The molecule has 0 amide bonds. The average Bonchev–Trinajstić information content (AvgIpc) is 1.87. The standard InChI is InChI=1S/C8H16O2S/c1-6(2)7(8(9)10)4-5-11-3/h6-7H,4-5H2,1-3H3,(H,9,10). The van der Waals surface area contributed by atoms with E-state index in [1.54, 1.807) is 11.8 Å². The third kappa shape index (κ3) is 4.30. The van der Waals surface area contributed by atoms with Crippen molar-refractivity contribution < 1.29 is 9.90 Å². The number of aliphatic carboxylic acids is 1. The van der Waals surface area contributed by atoms with E-state index < -0.39 is 5.97 Å². The number of hydrogen-bond donors (Lipinski definition) is 1. The van der Waals surface area contributed by atoms with Gasteiger partial charge in [-0.15, -0.1) is 0 Å². The monoisotopic (exact) mass is 176 g/mol. The summed E-state index contributed by atoms with van der Waals surface area (Å²) in [4.78, 5) is 10.6. The van der Waals surface area contributed by atoms with Gasteiger partial charge in [0.25, 0.3) is 0 Å². The van der Waals surface area contributed by atoms with Crippen molar-refractivity contribution in [2.75, 3.05) is 12.0 Å². The van der Waals surface area contributed by atoms with Crippen molar-refractivity contribution in [1.82, 2.24) is 0 Å². The Morgan fingerprint density at radius 2 is 2.09 bits per heavy atom. The Bertz CT molecular complexity index is 123. The minimum Gasteiger partial charge on any atom is -0.481 e. The van der Waals surface area contributed by atoms with Crippen molar-refractivity contribution in [3.8, 4) is 0 Å². The van der Waals surface area contributed by atoms with E-state index in [0.717, 1.165) is 12.2 Å². The summed E-state index contributed by atoms with van der Waals surface area (Å²) < 4.78 is 0. The third-order valence-electron chi connectivity index (χ3n) is 1.75. The molecule has 0 bridgehead atoms. The van der Waals surface area contributed by atoms with E-state index in [4.69, 9.17) is 5.11 Å². The van der Waals surface area contributed by atoms with Crippen molar-refractivity contribution in [3.05, 3.63) is 0 Å². The van der Waals surface area contributed by atoms with E-state index in [1.807, 2.05) is 20.1 Å². The van der Waals surface area contributed by atoms with E-state index in [0.29, 0.717) is 0 Å². The van der Waals surface area contributed by atoms with Crippen molar-refractivity contribution >= 4 is 17.7 Å². The molecule has 1 atom stereocenters. The van der Waals surface area contributed by atoms with Crippen LogP contribution in [0.1, 0.15) is 20.3 Å². The number of rotatable bonds is 5. The maximum Gasteiger partial charge on any atom is 0.306 e. The third-order valence-corrected chi connectivity index (χ3v) is 2.40. The predicted octanol–water partition coefficient (Wildman–Crippen LogP) is 2.10. The summed E-state index contributed by atoms with van der Waals surface area (Å²) in [5, 5.41) is 8.76. The highest BCUT2D eigenvalue weighted by Crippen LogP contribution is 2.17. The van der Waals surface area contributed by atoms with Crippen molar-refractivity contribution in [2.45, 2.75) is 20.3 Å². The van der Waals surface area contributed by atoms with Crippen LogP contribution < -0.4 is 0 Å². The second-order valence-corrected chi connectivity index (χ2v) is 3.96. The Morgan fingerprint density at radius 3 is 2.36 bits per heavy atom. The molecule has 0 aliphatic heterocycles. The minimum absolute atomic E-state index is 0.164. The van der Waals surface area contributed by atoms with Crippen LogP contribution in [0.15, 0.2) is 0 Å². The second-order valence-electron chi connectivity index (χ2n) is 2.97. The molecule has 3 heteroatoms. The van der Waals surface area contributed by atoms with Gasteiger partial charge in [0.15, 0.2) is 0 Å². The molecule has 0 rings (SSSR count). The molecule has 0 saturated carbocycles. The van der Waals surface area contributed by atoms with Crippen molar-refractivity contribution in [3.63, 3.8) is 0 Å². The number of carboxylic acid groups (broad SMARTS) is 1. The Morgan fingerprint density at radius 1 is 1.55 bits per heavy atom. The molecule has 1 N–H and O–H groups in total. The zero-order valence-electron chi connectivity index (χ0n) is 7.33. The SMILES string of the molecule is CSCCC(C(=O)O)C(C)C. The lowest BCUT2D eigenvalue weighted by atomic mass is 9.94. The largest absolute Gasteiger partial charge is 0.481 e. The van der Waals surface area contributed by atoms with Crippen LogP contribution in [0.2, 0.25) is 0 Å². The van der Waals surface area contributed by atoms with E-state index >= 15 is 0 Å². The van der Waals surface area contributed by atoms with Crippen LogP contribution in [-0.4, -0.2) is 23.1 Å². The van der Waals surface area contributed by atoms with Gasteiger partial charge in [-0.3, -0.25) is 4.79 Å². The van der Waals surface area contributed by atoms with Crippen LogP contribution in [0.5, 0.6) is 0 Å². The lowest BCUT2D eigenvalue weighted by Gasteiger charge is -2.14. The first-order valence-corrected chi connectivity index (χ1v) is 5.20. The lowest BCUT2D eigenvalue weighted by Crippen LogP contribution is -2.20. The smallest absolute Gasteiger partial charge is 0.306 e. The summed E-state index contributed by atoms with van der Waals surface area (Å²) in [6, 6.07) is 0. The number of carboxylic acids is 1. The van der Waals surface area contributed by atoms with Gasteiger partial charge >= 0.3 is 5.97 Å². The fraction of sp³-hybridized carbons (Fsp3) is 0.875. The molecule has 0 aromatic heterocycles. The molecular formula is C8H16O2S. The zero-order chi connectivity index (χ0) is 8.85. The summed E-state index contributed by atoms with van der Waals surface area (Å²) in [5.41, 5.74) is 0. The molecule has 0 radical (unpaired) electrons. The molecule has 0 spiro atoms. The fourth-order valence-corrected chi connectivity index (χ4v) is 1.48. The highest BCUT2D eigenvalue weighted by atomic mass is 32.2. The van der Waals surface area contributed by atoms with Crippen LogP contribution in [0.3, 0.4) is 0 Å². The van der Waals surface area contributed by atoms with Crippen LogP contribution >= 0.6 is 11.8 Å². The zero-order valence-corrected chi connectivity index (χ0v) is 8.15. The van der Waals surface area contributed by atoms with E-state index in [2.05, 4.69) is 0 Å². The molecule has 1 unspecified atom stereocenters. The summed E-state index contributed by atoms with van der Waals surface area (Å²) in [5.74, 6) is 0.367. The summed E-state index contributed by atoms with van der Waals surface area (Å²) in [7, 11) is 0. The molecule has 0 aromatic carbocycles. The van der Waals surface area contributed by atoms with Gasteiger partial charge in [0, 0.05) is 0 Å². The highest BCUT2D eigenvalue weighted by molar-refractivity contribution is 7.98. The molecule has 0 heterocycles. The van der Waals surface area contributed by atoms with Gasteiger partial charge in [-0.25, -0.2) is 0 Å². The average molecular weight is 176 g/mol. The Labute approximate surface area is 72.4 Å². The predicted molar refractivity (Wildman–Crippen MR) is 49.0 cm³/mol. The Balaban J connectivity index is 3.80. The first kappa shape index (κ1) is 10.8. The van der Waals surface area contributed by atoms with Crippen molar-refractivity contribution in [1.29, 1.82) is 0 Å². The molecule has 11 heavy (non-hydrogen) atoms. The second kappa shape index (κ2) is 5.47. The molecule has 2 nitrogen and oxygen atoms in total. The Kier molecular flexibility index (Phi) is 5.38. The molecule has 0 fully saturated rings. The molecule has 0 aromatic rings.